The molecule has 0 atom stereocenters. The molecule has 0 aliphatic carbocycles. The van der Waals surface area contributed by atoms with E-state index in [1.54, 1.807) is 19.9 Å². The molecule has 3 rings (SSSR count). The number of benzene rings is 2. The lowest BCUT2D eigenvalue weighted by molar-refractivity contribution is -0.137. The number of para-hydroxylation sites is 1. The number of anilines is 1. The van der Waals surface area contributed by atoms with Gasteiger partial charge in [0.25, 0.3) is 0 Å². The lowest BCUT2D eigenvalue weighted by Crippen LogP contribution is -2.27. The third-order valence-electron chi connectivity index (χ3n) is 4.98. The number of hydrogen-bond donors (Lipinski definition) is 2. The average Bonchev–Trinajstić information content (AvgIpc) is 3.02. The van der Waals surface area contributed by atoms with Crippen LogP contribution in [-0.2, 0) is 17.4 Å². The molecule has 2 N–H and O–H groups in total. The van der Waals surface area contributed by atoms with E-state index >= 15 is 0 Å². The molecule has 164 valence electrons. The van der Waals surface area contributed by atoms with Crippen LogP contribution in [0.25, 0.3) is 5.69 Å². The summed E-state index contributed by atoms with van der Waals surface area (Å²) in [6.45, 7) is 4.77. The van der Waals surface area contributed by atoms with Gasteiger partial charge in [-0.05, 0) is 50.6 Å². The summed E-state index contributed by atoms with van der Waals surface area (Å²) in [5, 5.41) is 10.5. The first-order valence-electron chi connectivity index (χ1n) is 10.0. The second kappa shape index (κ2) is 9.68. The smallest absolute Gasteiger partial charge is 0.385 e. The Labute approximate surface area is 179 Å². The number of carbonyl (C=O) groups excluding carboxylic acids is 1. The molecule has 0 aliphatic heterocycles. The third-order valence-corrected chi connectivity index (χ3v) is 4.98. The first-order chi connectivity index (χ1) is 14.8. The van der Waals surface area contributed by atoms with Crippen molar-refractivity contribution in [2.45, 2.75) is 32.9 Å². The highest BCUT2D eigenvalue weighted by atomic mass is 19.4. The minimum absolute atomic E-state index is 0.128. The Bertz CT molecular complexity index is 1030. The first-order valence-corrected chi connectivity index (χ1v) is 10.0. The molecule has 2 aromatic carbocycles. The molecule has 0 unspecified atom stereocenters. The van der Waals surface area contributed by atoms with Gasteiger partial charge in [0.1, 0.15) is 0 Å². The number of hydrogen-bond acceptors (Lipinski definition) is 3. The Morgan fingerprint density at radius 2 is 1.77 bits per heavy atom. The van der Waals surface area contributed by atoms with Gasteiger partial charge in [0.2, 0.25) is 5.91 Å². The van der Waals surface area contributed by atoms with E-state index in [1.165, 1.54) is 10.7 Å². The summed E-state index contributed by atoms with van der Waals surface area (Å²) in [4.78, 5) is 12.4. The van der Waals surface area contributed by atoms with Crippen LogP contribution in [0.2, 0.25) is 0 Å². The Morgan fingerprint density at radius 1 is 1.03 bits per heavy atom. The van der Waals surface area contributed by atoms with E-state index < -0.39 is 11.7 Å². The molecule has 0 saturated heterocycles. The Balaban J connectivity index is 1.57. The van der Waals surface area contributed by atoms with E-state index in [4.69, 9.17) is 0 Å². The molecule has 0 saturated carbocycles. The Hall–Kier alpha value is -3.29. The molecule has 0 radical (unpaired) electrons. The topological polar surface area (TPSA) is 59.0 Å². The minimum atomic E-state index is -4.43. The Kier molecular flexibility index (Phi) is 6.99. The van der Waals surface area contributed by atoms with Crippen molar-refractivity contribution >= 4 is 11.6 Å². The van der Waals surface area contributed by atoms with Crippen LogP contribution in [0.3, 0.4) is 0 Å². The summed E-state index contributed by atoms with van der Waals surface area (Å²) in [5.74, 6) is -0.144. The first kappa shape index (κ1) is 22.4. The van der Waals surface area contributed by atoms with Gasteiger partial charge in [-0.2, -0.15) is 18.3 Å². The molecule has 3 aromatic rings. The van der Waals surface area contributed by atoms with Crippen molar-refractivity contribution < 1.29 is 18.0 Å². The van der Waals surface area contributed by atoms with Gasteiger partial charge < -0.3 is 10.6 Å². The highest BCUT2D eigenvalue weighted by Gasteiger charge is 2.30. The van der Waals surface area contributed by atoms with Crippen molar-refractivity contribution in [3.8, 4) is 5.69 Å². The fourth-order valence-corrected chi connectivity index (χ4v) is 3.32. The quantitative estimate of drug-likeness (QED) is 0.511. The number of nitrogens with one attached hydrogen (secondary N) is 2. The summed E-state index contributed by atoms with van der Waals surface area (Å²) >= 11 is 0. The maximum Gasteiger partial charge on any atom is 0.416 e. The Morgan fingerprint density at radius 3 is 2.48 bits per heavy atom. The van der Waals surface area contributed by atoms with Gasteiger partial charge in [-0.15, -0.1) is 0 Å². The summed E-state index contributed by atoms with van der Waals surface area (Å²) < 4.78 is 40.5. The largest absolute Gasteiger partial charge is 0.416 e. The van der Waals surface area contributed by atoms with Crippen molar-refractivity contribution in [1.82, 2.24) is 15.1 Å². The summed E-state index contributed by atoms with van der Waals surface area (Å²) in [6.07, 6.45) is -3.53. The predicted molar refractivity (Wildman–Crippen MR) is 114 cm³/mol. The number of aromatic nitrogens is 2. The molecule has 0 bridgehead atoms. The third kappa shape index (κ3) is 5.87. The van der Waals surface area contributed by atoms with Gasteiger partial charge >= 0.3 is 6.18 Å². The molecule has 31 heavy (non-hydrogen) atoms. The van der Waals surface area contributed by atoms with E-state index in [2.05, 4.69) is 15.7 Å². The molecule has 1 amide bonds. The van der Waals surface area contributed by atoms with Crippen LogP contribution in [0.4, 0.5) is 18.9 Å². The molecule has 1 aromatic heterocycles. The maximum atomic E-state index is 13.0. The van der Waals surface area contributed by atoms with Crippen LogP contribution < -0.4 is 10.6 Å². The molecule has 8 heteroatoms. The van der Waals surface area contributed by atoms with Crippen LogP contribution in [0, 0.1) is 13.8 Å². The standard InChI is InChI=1S/C23H25F3N4O/c1-16-21(15-22(31)28-13-7-12-27-19-9-4-3-5-10-19)17(2)30(29-16)20-11-6-8-18(14-20)23(24,25)26/h3-6,8-11,14,27H,7,12-13,15H2,1-2H3,(H,28,31). The molecular formula is C23H25F3N4O. The minimum Gasteiger partial charge on any atom is -0.385 e. The van der Waals surface area contributed by atoms with E-state index in [0.717, 1.165) is 36.3 Å². The molecule has 0 spiro atoms. The van der Waals surface area contributed by atoms with E-state index in [-0.39, 0.29) is 12.3 Å². The summed E-state index contributed by atoms with van der Waals surface area (Å²) in [7, 11) is 0. The van der Waals surface area contributed by atoms with Gasteiger partial charge in [-0.1, -0.05) is 24.3 Å². The molecule has 1 heterocycles. The lowest BCUT2D eigenvalue weighted by atomic mass is 10.1. The van der Waals surface area contributed by atoms with Crippen molar-refractivity contribution in [2.24, 2.45) is 0 Å². The molecule has 0 fully saturated rings. The number of nitrogens with zero attached hydrogens (tertiary/aromatic N) is 2. The number of amides is 1. The lowest BCUT2D eigenvalue weighted by Gasteiger charge is -2.10. The van der Waals surface area contributed by atoms with Gasteiger partial charge in [0.15, 0.2) is 0 Å². The fourth-order valence-electron chi connectivity index (χ4n) is 3.32. The second-order valence-corrected chi connectivity index (χ2v) is 7.28. The van der Waals surface area contributed by atoms with E-state index in [1.807, 2.05) is 30.3 Å². The number of rotatable bonds is 8. The monoisotopic (exact) mass is 430 g/mol. The van der Waals surface area contributed by atoms with Crippen LogP contribution in [0.1, 0.15) is 28.9 Å². The number of alkyl halides is 3. The fraction of sp³-hybridized carbons (Fsp3) is 0.304. The predicted octanol–water partition coefficient (Wildman–Crippen LogP) is 4.67. The van der Waals surface area contributed by atoms with Crippen molar-refractivity contribution in [1.29, 1.82) is 0 Å². The maximum absolute atomic E-state index is 13.0. The molecule has 0 aliphatic rings. The van der Waals surface area contributed by atoms with Crippen LogP contribution in [-0.4, -0.2) is 28.8 Å². The van der Waals surface area contributed by atoms with E-state index in [0.29, 0.717) is 23.6 Å². The van der Waals surface area contributed by atoms with Gasteiger partial charge in [-0.25, -0.2) is 4.68 Å². The molecular weight excluding hydrogens is 405 g/mol. The summed E-state index contributed by atoms with van der Waals surface area (Å²) in [6, 6.07) is 14.8. The average molecular weight is 430 g/mol. The van der Waals surface area contributed by atoms with Gasteiger partial charge in [0, 0.05) is 30.0 Å². The summed E-state index contributed by atoms with van der Waals surface area (Å²) in [5.41, 5.74) is 2.60. The van der Waals surface area contributed by atoms with Crippen LogP contribution in [0.5, 0.6) is 0 Å². The van der Waals surface area contributed by atoms with Gasteiger partial charge in [0.05, 0.1) is 23.4 Å². The SMILES string of the molecule is Cc1nn(-c2cccc(C(F)(F)F)c2)c(C)c1CC(=O)NCCCNc1ccccc1. The second-order valence-electron chi connectivity index (χ2n) is 7.28. The molecule has 5 nitrogen and oxygen atoms in total. The number of halogens is 3. The zero-order chi connectivity index (χ0) is 22.4. The zero-order valence-corrected chi connectivity index (χ0v) is 17.5. The van der Waals surface area contributed by atoms with Crippen molar-refractivity contribution in [3.05, 3.63) is 77.1 Å². The number of aryl methyl sites for hydroxylation is 1. The zero-order valence-electron chi connectivity index (χ0n) is 17.5. The van der Waals surface area contributed by atoms with Gasteiger partial charge in [-0.3, -0.25) is 4.79 Å². The van der Waals surface area contributed by atoms with Crippen molar-refractivity contribution in [2.75, 3.05) is 18.4 Å². The highest BCUT2D eigenvalue weighted by Crippen LogP contribution is 2.30. The van der Waals surface area contributed by atoms with Crippen LogP contribution >= 0.6 is 0 Å². The normalized spacial score (nSPS) is 11.4. The van der Waals surface area contributed by atoms with E-state index in [9.17, 15) is 18.0 Å². The highest BCUT2D eigenvalue weighted by molar-refractivity contribution is 5.79. The number of carbonyl (C=O) groups is 1. The van der Waals surface area contributed by atoms with Crippen molar-refractivity contribution in [3.63, 3.8) is 0 Å². The van der Waals surface area contributed by atoms with Crippen LogP contribution in [0.15, 0.2) is 54.6 Å².